The summed E-state index contributed by atoms with van der Waals surface area (Å²) in [5.74, 6) is 1.62. The van der Waals surface area contributed by atoms with Crippen LogP contribution in [0.4, 0.5) is 0 Å². The maximum absolute atomic E-state index is 10.3. The summed E-state index contributed by atoms with van der Waals surface area (Å²) in [7, 11) is 0. The van der Waals surface area contributed by atoms with Gasteiger partial charge in [0.1, 0.15) is 18.5 Å². The average Bonchev–Trinajstić information content (AvgIpc) is 3.01. The molecule has 0 saturated carbocycles. The normalized spacial score (nSPS) is 24.2. The number of nitrogens with zero attached hydrogens (tertiary/aromatic N) is 2. The molecule has 24 heavy (non-hydrogen) atoms. The summed E-state index contributed by atoms with van der Waals surface area (Å²) in [5, 5.41) is 10.3. The fraction of sp³-hybridized carbons (Fsp3) is 0.700. The highest BCUT2D eigenvalue weighted by Gasteiger charge is 2.26. The number of benzene rings is 1. The zero-order chi connectivity index (χ0) is 16.8. The van der Waals surface area contributed by atoms with Crippen LogP contribution in [-0.4, -0.2) is 66.9 Å². The Kier molecular flexibility index (Phi) is 6.52. The van der Waals surface area contributed by atoms with Gasteiger partial charge in [-0.1, -0.05) is 18.6 Å². The quantitative estimate of drug-likeness (QED) is 0.832. The minimum atomic E-state index is -0.417. The van der Waals surface area contributed by atoms with Crippen LogP contribution in [0.15, 0.2) is 24.3 Å². The van der Waals surface area contributed by atoms with Gasteiger partial charge in [-0.3, -0.25) is 0 Å². The molecule has 2 heterocycles. The van der Waals surface area contributed by atoms with Crippen molar-refractivity contribution in [3.05, 3.63) is 29.8 Å². The summed E-state index contributed by atoms with van der Waals surface area (Å²) in [5.41, 5.74) is 1.18. The molecule has 2 aliphatic rings. The first-order valence-corrected chi connectivity index (χ1v) is 9.51. The van der Waals surface area contributed by atoms with Crippen molar-refractivity contribution in [3.8, 4) is 5.75 Å². The maximum atomic E-state index is 10.3. The molecule has 2 saturated heterocycles. The van der Waals surface area contributed by atoms with Crippen LogP contribution < -0.4 is 4.74 Å². The van der Waals surface area contributed by atoms with Crippen LogP contribution in [0, 0.1) is 12.8 Å². The summed E-state index contributed by atoms with van der Waals surface area (Å²) in [6.45, 7) is 9.19. The van der Waals surface area contributed by atoms with Crippen molar-refractivity contribution in [1.29, 1.82) is 0 Å². The molecule has 2 aliphatic heterocycles. The highest BCUT2D eigenvalue weighted by atomic mass is 16.5. The highest BCUT2D eigenvalue weighted by Crippen LogP contribution is 2.20. The first kappa shape index (κ1) is 17.7. The number of aryl methyl sites for hydroxylation is 1. The predicted octanol–water partition coefficient (Wildman–Crippen LogP) is 2.54. The van der Waals surface area contributed by atoms with E-state index in [0.717, 1.165) is 31.3 Å². The van der Waals surface area contributed by atoms with Crippen LogP contribution in [0.1, 0.15) is 31.2 Å². The van der Waals surface area contributed by atoms with Crippen molar-refractivity contribution >= 4 is 0 Å². The second-order valence-electron chi connectivity index (χ2n) is 7.56. The van der Waals surface area contributed by atoms with Crippen molar-refractivity contribution in [2.45, 2.75) is 38.7 Å². The fourth-order valence-electron chi connectivity index (χ4n) is 3.98. The largest absolute Gasteiger partial charge is 0.491 e. The highest BCUT2D eigenvalue weighted by molar-refractivity contribution is 5.27. The van der Waals surface area contributed by atoms with E-state index in [1.54, 1.807) is 0 Å². The van der Waals surface area contributed by atoms with Crippen LogP contribution >= 0.6 is 0 Å². The second kappa shape index (κ2) is 8.84. The lowest BCUT2D eigenvalue weighted by Gasteiger charge is -2.29. The van der Waals surface area contributed by atoms with Gasteiger partial charge in [-0.05, 0) is 69.4 Å². The molecule has 2 atom stereocenters. The number of rotatable bonds is 7. The van der Waals surface area contributed by atoms with Gasteiger partial charge in [0.25, 0.3) is 0 Å². The third-order valence-corrected chi connectivity index (χ3v) is 5.24. The van der Waals surface area contributed by atoms with E-state index < -0.39 is 6.10 Å². The molecule has 134 valence electrons. The summed E-state index contributed by atoms with van der Waals surface area (Å²) in [6, 6.07) is 8.00. The number of aliphatic hydroxyl groups is 1. The molecule has 2 fully saturated rings. The van der Waals surface area contributed by atoms with Crippen molar-refractivity contribution in [2.24, 2.45) is 5.92 Å². The molecule has 0 aliphatic carbocycles. The van der Waals surface area contributed by atoms with Crippen LogP contribution in [0.25, 0.3) is 0 Å². The number of likely N-dealkylation sites (tertiary alicyclic amines) is 2. The minimum Gasteiger partial charge on any atom is -0.491 e. The van der Waals surface area contributed by atoms with Gasteiger partial charge in [-0.25, -0.2) is 0 Å². The Morgan fingerprint density at radius 3 is 2.79 bits per heavy atom. The number of hydrogen-bond donors (Lipinski definition) is 1. The van der Waals surface area contributed by atoms with Gasteiger partial charge in [-0.2, -0.15) is 0 Å². The standard InChI is InChI=1S/C20H32N2O2/c1-17-6-5-7-20(12-17)24-16-19(23)15-22-11-8-18(14-22)13-21-9-3-2-4-10-21/h5-7,12,18-19,23H,2-4,8-11,13-16H2,1H3. The summed E-state index contributed by atoms with van der Waals surface area (Å²) in [6.07, 6.45) is 4.98. The van der Waals surface area contributed by atoms with E-state index in [2.05, 4.69) is 22.8 Å². The summed E-state index contributed by atoms with van der Waals surface area (Å²) in [4.78, 5) is 5.04. The molecule has 0 spiro atoms. The number of ether oxygens (including phenoxy) is 1. The van der Waals surface area contributed by atoms with Gasteiger partial charge in [0.15, 0.2) is 0 Å². The Morgan fingerprint density at radius 1 is 1.17 bits per heavy atom. The maximum Gasteiger partial charge on any atom is 0.119 e. The Hall–Kier alpha value is -1.10. The first-order chi connectivity index (χ1) is 11.7. The van der Waals surface area contributed by atoms with Crippen LogP contribution in [-0.2, 0) is 0 Å². The molecule has 1 aromatic rings. The van der Waals surface area contributed by atoms with E-state index >= 15 is 0 Å². The molecule has 3 rings (SSSR count). The lowest BCUT2D eigenvalue weighted by atomic mass is 10.1. The zero-order valence-electron chi connectivity index (χ0n) is 15.0. The SMILES string of the molecule is Cc1cccc(OCC(O)CN2CCC(CN3CCCCC3)C2)c1. The van der Waals surface area contributed by atoms with E-state index in [1.165, 1.54) is 50.9 Å². The predicted molar refractivity (Wildman–Crippen MR) is 97.5 cm³/mol. The van der Waals surface area contributed by atoms with Crippen molar-refractivity contribution in [1.82, 2.24) is 9.80 Å². The van der Waals surface area contributed by atoms with E-state index in [-0.39, 0.29) is 0 Å². The molecular weight excluding hydrogens is 300 g/mol. The molecule has 0 bridgehead atoms. The smallest absolute Gasteiger partial charge is 0.119 e. The van der Waals surface area contributed by atoms with Crippen LogP contribution in [0.5, 0.6) is 5.75 Å². The van der Waals surface area contributed by atoms with Crippen LogP contribution in [0.2, 0.25) is 0 Å². The van der Waals surface area contributed by atoms with E-state index in [1.807, 2.05) is 18.2 Å². The third-order valence-electron chi connectivity index (χ3n) is 5.24. The van der Waals surface area contributed by atoms with Gasteiger partial charge < -0.3 is 19.6 Å². The summed E-state index contributed by atoms with van der Waals surface area (Å²) < 4.78 is 5.72. The molecule has 4 nitrogen and oxygen atoms in total. The molecule has 4 heteroatoms. The third kappa shape index (κ3) is 5.47. The molecule has 1 aromatic carbocycles. The average molecular weight is 332 g/mol. The number of β-amino-alcohol motifs (C(OH)–C–C–N with tert-alkyl or cyclic N) is 1. The van der Waals surface area contributed by atoms with Gasteiger partial charge >= 0.3 is 0 Å². The second-order valence-corrected chi connectivity index (χ2v) is 7.56. The van der Waals surface area contributed by atoms with Crippen molar-refractivity contribution in [2.75, 3.05) is 45.9 Å². The molecule has 0 aromatic heterocycles. The Bertz CT molecular complexity index is 502. The minimum absolute atomic E-state index is 0.372. The number of piperidine rings is 1. The Balaban J connectivity index is 1.35. The first-order valence-electron chi connectivity index (χ1n) is 9.51. The molecule has 0 amide bonds. The molecule has 0 radical (unpaired) electrons. The van der Waals surface area contributed by atoms with E-state index in [0.29, 0.717) is 6.61 Å². The Morgan fingerprint density at radius 2 is 2.00 bits per heavy atom. The topological polar surface area (TPSA) is 35.9 Å². The number of hydrogen-bond acceptors (Lipinski definition) is 4. The molecule has 1 N–H and O–H groups in total. The van der Waals surface area contributed by atoms with Crippen molar-refractivity contribution in [3.63, 3.8) is 0 Å². The van der Waals surface area contributed by atoms with Crippen molar-refractivity contribution < 1.29 is 9.84 Å². The lowest BCUT2D eigenvalue weighted by molar-refractivity contribution is 0.0737. The molecular formula is C20H32N2O2. The van der Waals surface area contributed by atoms with Gasteiger partial charge in [0.2, 0.25) is 0 Å². The zero-order valence-corrected chi connectivity index (χ0v) is 15.0. The number of aliphatic hydroxyl groups excluding tert-OH is 1. The monoisotopic (exact) mass is 332 g/mol. The fourth-order valence-corrected chi connectivity index (χ4v) is 3.98. The van der Waals surface area contributed by atoms with Gasteiger partial charge in [-0.15, -0.1) is 0 Å². The lowest BCUT2D eigenvalue weighted by Crippen LogP contribution is -2.37. The Labute approximate surface area is 146 Å². The summed E-state index contributed by atoms with van der Waals surface area (Å²) >= 11 is 0. The van der Waals surface area contributed by atoms with Gasteiger partial charge in [0.05, 0.1) is 0 Å². The van der Waals surface area contributed by atoms with E-state index in [4.69, 9.17) is 4.74 Å². The van der Waals surface area contributed by atoms with Crippen LogP contribution in [0.3, 0.4) is 0 Å². The van der Waals surface area contributed by atoms with E-state index in [9.17, 15) is 5.11 Å². The molecule has 2 unspecified atom stereocenters. The van der Waals surface area contributed by atoms with Gasteiger partial charge in [0, 0.05) is 19.6 Å².